The van der Waals surface area contributed by atoms with Crippen molar-refractivity contribution in [3.8, 4) is 0 Å². The van der Waals surface area contributed by atoms with Gasteiger partial charge in [0.25, 0.3) is 5.91 Å². The lowest BCUT2D eigenvalue weighted by Gasteiger charge is -2.39. The van der Waals surface area contributed by atoms with Gasteiger partial charge in [0.05, 0.1) is 17.4 Å². The first kappa shape index (κ1) is 14.1. The molecule has 3 rings (SSSR count). The van der Waals surface area contributed by atoms with Crippen LogP contribution in [0.2, 0.25) is 0 Å². The Morgan fingerprint density at radius 1 is 1.48 bits per heavy atom. The molecule has 5 nitrogen and oxygen atoms in total. The SMILES string of the molecule is CC1(C)CCCNC1CNC(=O)c1ccc2nc[nH]c2c1. The van der Waals surface area contributed by atoms with E-state index in [0.29, 0.717) is 18.2 Å². The molecular formula is C16H22N4O. The highest BCUT2D eigenvalue weighted by Gasteiger charge is 2.31. The van der Waals surface area contributed by atoms with Gasteiger partial charge in [-0.25, -0.2) is 4.98 Å². The summed E-state index contributed by atoms with van der Waals surface area (Å²) in [5.74, 6) is -0.0327. The number of carbonyl (C=O) groups is 1. The fourth-order valence-electron chi connectivity index (χ4n) is 2.99. The molecule has 1 fully saturated rings. The van der Waals surface area contributed by atoms with Crippen LogP contribution < -0.4 is 10.6 Å². The van der Waals surface area contributed by atoms with Gasteiger partial charge in [0.1, 0.15) is 0 Å². The molecule has 1 aliphatic rings. The Hall–Kier alpha value is -1.88. The van der Waals surface area contributed by atoms with E-state index in [-0.39, 0.29) is 11.3 Å². The third-order valence-corrected chi connectivity index (χ3v) is 4.48. The van der Waals surface area contributed by atoms with Gasteiger partial charge in [-0.2, -0.15) is 0 Å². The molecule has 112 valence electrons. The third kappa shape index (κ3) is 2.93. The number of carbonyl (C=O) groups excluding carboxylic acids is 1. The van der Waals surface area contributed by atoms with Crippen LogP contribution in [0.15, 0.2) is 24.5 Å². The lowest BCUT2D eigenvalue weighted by Crippen LogP contribution is -2.52. The average Bonchev–Trinajstić information content (AvgIpc) is 2.92. The minimum absolute atomic E-state index is 0.0327. The summed E-state index contributed by atoms with van der Waals surface area (Å²) in [6.45, 7) is 6.20. The van der Waals surface area contributed by atoms with E-state index in [9.17, 15) is 4.79 Å². The quantitative estimate of drug-likeness (QED) is 0.809. The van der Waals surface area contributed by atoms with Crippen LogP contribution >= 0.6 is 0 Å². The number of nitrogens with zero attached hydrogens (tertiary/aromatic N) is 1. The number of amides is 1. The molecule has 2 aromatic rings. The molecular weight excluding hydrogens is 264 g/mol. The normalized spacial score (nSPS) is 21.3. The summed E-state index contributed by atoms with van der Waals surface area (Å²) in [6.07, 6.45) is 4.04. The van der Waals surface area contributed by atoms with E-state index < -0.39 is 0 Å². The summed E-state index contributed by atoms with van der Waals surface area (Å²) in [5, 5.41) is 6.56. The second-order valence-corrected chi connectivity index (χ2v) is 6.44. The molecule has 1 amide bonds. The molecule has 1 unspecified atom stereocenters. The van der Waals surface area contributed by atoms with Gasteiger partial charge in [-0.15, -0.1) is 0 Å². The van der Waals surface area contributed by atoms with Crippen molar-refractivity contribution in [3.63, 3.8) is 0 Å². The highest BCUT2D eigenvalue weighted by Crippen LogP contribution is 2.29. The molecule has 1 aromatic heterocycles. The van der Waals surface area contributed by atoms with Crippen LogP contribution in [0.1, 0.15) is 37.0 Å². The molecule has 3 N–H and O–H groups in total. The number of H-pyrrole nitrogens is 1. The molecule has 0 spiro atoms. The Morgan fingerprint density at radius 2 is 2.33 bits per heavy atom. The molecule has 1 saturated heterocycles. The third-order valence-electron chi connectivity index (χ3n) is 4.48. The lowest BCUT2D eigenvalue weighted by molar-refractivity contribution is 0.0929. The maximum absolute atomic E-state index is 12.3. The van der Waals surface area contributed by atoms with E-state index in [2.05, 4.69) is 34.4 Å². The molecule has 2 heterocycles. The van der Waals surface area contributed by atoms with E-state index in [0.717, 1.165) is 17.6 Å². The number of aromatic amines is 1. The van der Waals surface area contributed by atoms with Gasteiger partial charge in [0.15, 0.2) is 0 Å². The second kappa shape index (κ2) is 5.48. The Kier molecular flexibility index (Phi) is 3.68. The van der Waals surface area contributed by atoms with Crippen molar-refractivity contribution in [2.45, 2.75) is 32.7 Å². The van der Waals surface area contributed by atoms with Crippen molar-refractivity contribution >= 4 is 16.9 Å². The van der Waals surface area contributed by atoms with Gasteiger partial charge in [0.2, 0.25) is 0 Å². The van der Waals surface area contributed by atoms with E-state index in [1.54, 1.807) is 6.33 Å². The van der Waals surface area contributed by atoms with Gasteiger partial charge in [0, 0.05) is 18.2 Å². The predicted octanol–water partition coefficient (Wildman–Crippen LogP) is 2.07. The van der Waals surface area contributed by atoms with Crippen LogP contribution in [0.3, 0.4) is 0 Å². The summed E-state index contributed by atoms with van der Waals surface area (Å²) >= 11 is 0. The zero-order chi connectivity index (χ0) is 14.9. The minimum atomic E-state index is -0.0327. The van der Waals surface area contributed by atoms with E-state index in [1.165, 1.54) is 12.8 Å². The average molecular weight is 286 g/mol. The van der Waals surface area contributed by atoms with Crippen LogP contribution in [0.25, 0.3) is 11.0 Å². The van der Waals surface area contributed by atoms with Crippen LogP contribution in [-0.4, -0.2) is 35.0 Å². The summed E-state index contributed by atoms with van der Waals surface area (Å²) in [4.78, 5) is 19.5. The zero-order valence-corrected chi connectivity index (χ0v) is 12.6. The Bertz CT molecular complexity index is 647. The molecule has 0 radical (unpaired) electrons. The summed E-state index contributed by atoms with van der Waals surface area (Å²) in [5.41, 5.74) is 2.65. The predicted molar refractivity (Wildman–Crippen MR) is 83.2 cm³/mol. The smallest absolute Gasteiger partial charge is 0.251 e. The highest BCUT2D eigenvalue weighted by molar-refractivity contribution is 5.97. The standard InChI is InChI=1S/C16H22N4O/c1-16(2)6-3-7-17-14(16)9-18-15(21)11-4-5-12-13(8-11)20-10-19-12/h4-5,8,10,14,17H,3,6-7,9H2,1-2H3,(H,18,21)(H,19,20). The first-order chi connectivity index (χ1) is 10.1. The van der Waals surface area contributed by atoms with Gasteiger partial charge in [-0.3, -0.25) is 4.79 Å². The number of hydrogen-bond acceptors (Lipinski definition) is 3. The largest absolute Gasteiger partial charge is 0.350 e. The van der Waals surface area contributed by atoms with Gasteiger partial charge >= 0.3 is 0 Å². The zero-order valence-electron chi connectivity index (χ0n) is 12.6. The van der Waals surface area contributed by atoms with E-state index >= 15 is 0 Å². The van der Waals surface area contributed by atoms with Crippen LogP contribution in [0.4, 0.5) is 0 Å². The Labute approximate surface area is 124 Å². The molecule has 1 aromatic carbocycles. The summed E-state index contributed by atoms with van der Waals surface area (Å²) < 4.78 is 0. The van der Waals surface area contributed by atoms with E-state index in [4.69, 9.17) is 0 Å². The fraction of sp³-hybridized carbons (Fsp3) is 0.500. The molecule has 1 aliphatic heterocycles. The monoisotopic (exact) mass is 286 g/mol. The van der Waals surface area contributed by atoms with Crippen LogP contribution in [0.5, 0.6) is 0 Å². The lowest BCUT2D eigenvalue weighted by atomic mass is 9.77. The minimum Gasteiger partial charge on any atom is -0.350 e. The van der Waals surface area contributed by atoms with Crippen molar-refractivity contribution in [1.29, 1.82) is 0 Å². The number of piperidine rings is 1. The fourth-order valence-corrected chi connectivity index (χ4v) is 2.99. The highest BCUT2D eigenvalue weighted by atomic mass is 16.1. The van der Waals surface area contributed by atoms with Gasteiger partial charge < -0.3 is 15.6 Å². The second-order valence-electron chi connectivity index (χ2n) is 6.44. The first-order valence-electron chi connectivity index (χ1n) is 7.51. The number of hydrogen-bond donors (Lipinski definition) is 3. The number of nitrogens with one attached hydrogen (secondary N) is 3. The van der Waals surface area contributed by atoms with Crippen molar-refractivity contribution < 1.29 is 4.79 Å². The molecule has 0 aliphatic carbocycles. The van der Waals surface area contributed by atoms with Crippen LogP contribution in [0, 0.1) is 5.41 Å². The molecule has 0 bridgehead atoms. The topological polar surface area (TPSA) is 69.8 Å². The van der Waals surface area contributed by atoms with Crippen molar-refractivity contribution in [3.05, 3.63) is 30.1 Å². The van der Waals surface area contributed by atoms with Crippen molar-refractivity contribution in [2.24, 2.45) is 5.41 Å². The number of imidazole rings is 1. The Balaban J connectivity index is 1.65. The molecule has 21 heavy (non-hydrogen) atoms. The molecule has 5 heteroatoms. The summed E-state index contributed by atoms with van der Waals surface area (Å²) in [7, 11) is 0. The number of aromatic nitrogens is 2. The number of benzene rings is 1. The van der Waals surface area contributed by atoms with Gasteiger partial charge in [-0.05, 0) is 43.0 Å². The number of fused-ring (bicyclic) bond motifs is 1. The Morgan fingerprint density at radius 3 is 3.14 bits per heavy atom. The van der Waals surface area contributed by atoms with E-state index in [1.807, 2.05) is 18.2 Å². The number of rotatable bonds is 3. The maximum atomic E-state index is 12.3. The first-order valence-corrected chi connectivity index (χ1v) is 7.51. The van der Waals surface area contributed by atoms with Crippen molar-refractivity contribution in [2.75, 3.05) is 13.1 Å². The van der Waals surface area contributed by atoms with Crippen molar-refractivity contribution in [1.82, 2.24) is 20.6 Å². The van der Waals surface area contributed by atoms with Crippen LogP contribution in [-0.2, 0) is 0 Å². The molecule has 0 saturated carbocycles. The van der Waals surface area contributed by atoms with Gasteiger partial charge in [-0.1, -0.05) is 13.8 Å². The summed E-state index contributed by atoms with van der Waals surface area (Å²) in [6, 6.07) is 5.85. The molecule has 1 atom stereocenters. The maximum Gasteiger partial charge on any atom is 0.251 e.